The first-order chi connectivity index (χ1) is 18.6. The van der Waals surface area contributed by atoms with Gasteiger partial charge in [-0.15, -0.1) is 0 Å². The quantitative estimate of drug-likeness (QED) is 0.351. The van der Waals surface area contributed by atoms with Crippen LogP contribution in [0.15, 0.2) is 73.3 Å². The summed E-state index contributed by atoms with van der Waals surface area (Å²) in [5.41, 5.74) is 4.48. The SMILES string of the molecule is C=CCOc1cc(CC2c3cc(OC)c(OC)cc3CCN2CC(=O)NCc2ccccc2)ccc1OC. The molecule has 3 aromatic rings. The van der Waals surface area contributed by atoms with Gasteiger partial charge >= 0.3 is 0 Å². The van der Waals surface area contributed by atoms with Gasteiger partial charge in [-0.2, -0.15) is 0 Å². The summed E-state index contributed by atoms with van der Waals surface area (Å²) < 4.78 is 22.5. The maximum absolute atomic E-state index is 13.0. The predicted octanol–water partition coefficient (Wildman–Crippen LogP) is 4.74. The molecule has 0 bridgehead atoms. The normalized spacial score (nSPS) is 14.8. The van der Waals surface area contributed by atoms with Crippen LogP contribution in [0.5, 0.6) is 23.0 Å². The van der Waals surface area contributed by atoms with Crippen LogP contribution in [0.4, 0.5) is 0 Å². The molecule has 1 unspecified atom stereocenters. The summed E-state index contributed by atoms with van der Waals surface area (Å²) in [7, 11) is 4.92. The van der Waals surface area contributed by atoms with Gasteiger partial charge in [0.15, 0.2) is 23.0 Å². The standard InChI is InChI=1S/C31H36N2O5/c1-5-15-38-30-17-23(11-12-27(30)35-2)16-26-25-19-29(37-4)28(36-3)18-24(25)13-14-33(26)21-31(34)32-20-22-9-7-6-8-10-22/h5-12,17-19,26H,1,13-16,20-21H2,2-4H3,(H,32,34). The molecule has 0 saturated heterocycles. The molecule has 0 fully saturated rings. The summed E-state index contributed by atoms with van der Waals surface area (Å²) in [4.78, 5) is 15.3. The molecule has 1 N–H and O–H groups in total. The molecule has 1 atom stereocenters. The lowest BCUT2D eigenvalue weighted by molar-refractivity contribution is -0.123. The van der Waals surface area contributed by atoms with Crippen LogP contribution in [0, 0.1) is 0 Å². The van der Waals surface area contributed by atoms with Gasteiger partial charge in [0, 0.05) is 19.1 Å². The highest BCUT2D eigenvalue weighted by Crippen LogP contribution is 2.40. The van der Waals surface area contributed by atoms with Gasteiger partial charge in [0.25, 0.3) is 0 Å². The van der Waals surface area contributed by atoms with E-state index in [0.717, 1.165) is 29.7 Å². The Labute approximate surface area is 225 Å². The molecule has 7 heteroatoms. The van der Waals surface area contributed by atoms with Crippen molar-refractivity contribution in [3.8, 4) is 23.0 Å². The second kappa shape index (κ2) is 13.0. The lowest BCUT2D eigenvalue weighted by Crippen LogP contribution is -2.43. The molecule has 38 heavy (non-hydrogen) atoms. The highest BCUT2D eigenvalue weighted by molar-refractivity contribution is 5.78. The summed E-state index contributed by atoms with van der Waals surface area (Å²) in [6.45, 7) is 5.67. The maximum Gasteiger partial charge on any atom is 0.234 e. The van der Waals surface area contributed by atoms with Crippen molar-refractivity contribution in [2.24, 2.45) is 0 Å². The molecule has 7 nitrogen and oxygen atoms in total. The highest BCUT2D eigenvalue weighted by Gasteiger charge is 2.31. The van der Waals surface area contributed by atoms with Crippen molar-refractivity contribution in [1.82, 2.24) is 10.2 Å². The minimum absolute atomic E-state index is 0.00693. The van der Waals surface area contributed by atoms with Crippen LogP contribution in [0.25, 0.3) is 0 Å². The van der Waals surface area contributed by atoms with E-state index in [2.05, 4.69) is 22.9 Å². The van der Waals surface area contributed by atoms with Crippen LogP contribution in [-0.4, -0.2) is 51.8 Å². The molecule has 3 aromatic carbocycles. The van der Waals surface area contributed by atoms with Crippen LogP contribution >= 0.6 is 0 Å². The lowest BCUT2D eigenvalue weighted by Gasteiger charge is -2.37. The van der Waals surface area contributed by atoms with E-state index in [1.165, 1.54) is 5.56 Å². The molecular formula is C31H36N2O5. The fourth-order valence-corrected chi connectivity index (χ4v) is 4.88. The largest absolute Gasteiger partial charge is 0.493 e. The van der Waals surface area contributed by atoms with Gasteiger partial charge in [0.05, 0.1) is 27.9 Å². The van der Waals surface area contributed by atoms with Crippen molar-refractivity contribution in [3.63, 3.8) is 0 Å². The molecule has 0 spiro atoms. The first-order valence-electron chi connectivity index (χ1n) is 12.8. The Morgan fingerprint density at radius 1 is 0.947 bits per heavy atom. The van der Waals surface area contributed by atoms with Crippen molar-refractivity contribution in [3.05, 3.63) is 95.6 Å². The average molecular weight is 517 g/mol. The van der Waals surface area contributed by atoms with Crippen molar-refractivity contribution in [1.29, 1.82) is 0 Å². The monoisotopic (exact) mass is 516 g/mol. The van der Waals surface area contributed by atoms with Crippen molar-refractivity contribution in [2.45, 2.75) is 25.4 Å². The maximum atomic E-state index is 13.0. The van der Waals surface area contributed by atoms with Gasteiger partial charge in [-0.1, -0.05) is 49.1 Å². The number of ether oxygens (including phenoxy) is 4. The van der Waals surface area contributed by atoms with Gasteiger partial charge in [-0.3, -0.25) is 9.69 Å². The van der Waals surface area contributed by atoms with Crippen LogP contribution in [0.1, 0.15) is 28.3 Å². The smallest absolute Gasteiger partial charge is 0.234 e. The number of nitrogens with one attached hydrogen (secondary N) is 1. The molecule has 0 saturated carbocycles. The number of carbonyl (C=O) groups excluding carboxylic acids is 1. The number of nitrogens with zero attached hydrogens (tertiary/aromatic N) is 1. The minimum atomic E-state index is -0.0401. The number of amides is 1. The predicted molar refractivity (Wildman–Crippen MR) is 148 cm³/mol. The molecule has 1 aliphatic heterocycles. The third kappa shape index (κ3) is 6.47. The first-order valence-corrected chi connectivity index (χ1v) is 12.8. The van der Waals surface area contributed by atoms with Crippen LogP contribution in [0.2, 0.25) is 0 Å². The zero-order chi connectivity index (χ0) is 26.9. The van der Waals surface area contributed by atoms with Crippen molar-refractivity contribution < 1.29 is 23.7 Å². The molecule has 0 aliphatic carbocycles. The van der Waals surface area contributed by atoms with E-state index in [-0.39, 0.29) is 11.9 Å². The van der Waals surface area contributed by atoms with Crippen molar-refractivity contribution >= 4 is 5.91 Å². The lowest BCUT2D eigenvalue weighted by atomic mass is 9.88. The number of carbonyl (C=O) groups is 1. The second-order valence-electron chi connectivity index (χ2n) is 9.19. The average Bonchev–Trinajstić information content (AvgIpc) is 2.96. The van der Waals surface area contributed by atoms with E-state index in [9.17, 15) is 4.79 Å². The van der Waals surface area contributed by atoms with Gasteiger partial charge in [0.1, 0.15) is 6.61 Å². The Bertz CT molecular complexity index is 1240. The molecule has 1 amide bonds. The Morgan fingerprint density at radius 3 is 2.39 bits per heavy atom. The minimum Gasteiger partial charge on any atom is -0.493 e. The Hall–Kier alpha value is -3.97. The molecular weight excluding hydrogens is 480 g/mol. The summed E-state index contributed by atoms with van der Waals surface area (Å²) in [5.74, 6) is 2.72. The fourth-order valence-electron chi connectivity index (χ4n) is 4.88. The van der Waals surface area contributed by atoms with E-state index in [1.54, 1.807) is 27.4 Å². The van der Waals surface area contributed by atoms with Crippen LogP contribution < -0.4 is 24.3 Å². The third-order valence-corrected chi connectivity index (χ3v) is 6.81. The van der Waals surface area contributed by atoms with Crippen LogP contribution in [-0.2, 0) is 24.2 Å². The van der Waals surface area contributed by atoms with Gasteiger partial charge in [-0.25, -0.2) is 0 Å². The number of methoxy groups -OCH3 is 3. The van der Waals surface area contributed by atoms with Gasteiger partial charge in [0.2, 0.25) is 5.91 Å². The summed E-state index contributed by atoms with van der Waals surface area (Å²) in [6, 6.07) is 20.0. The highest BCUT2D eigenvalue weighted by atomic mass is 16.5. The molecule has 1 heterocycles. The molecule has 4 rings (SSSR count). The number of rotatable bonds is 12. The fraction of sp³-hybridized carbons (Fsp3) is 0.323. The van der Waals surface area contributed by atoms with Gasteiger partial charge in [-0.05, 0) is 59.4 Å². The van der Waals surface area contributed by atoms with E-state index in [4.69, 9.17) is 18.9 Å². The molecule has 0 radical (unpaired) electrons. The number of benzene rings is 3. The zero-order valence-electron chi connectivity index (χ0n) is 22.4. The number of hydrogen-bond donors (Lipinski definition) is 1. The summed E-state index contributed by atoms with van der Waals surface area (Å²) >= 11 is 0. The topological polar surface area (TPSA) is 69.3 Å². The van der Waals surface area contributed by atoms with Crippen LogP contribution in [0.3, 0.4) is 0 Å². The van der Waals surface area contributed by atoms with Gasteiger partial charge < -0.3 is 24.3 Å². The Balaban J connectivity index is 1.61. The summed E-state index contributed by atoms with van der Waals surface area (Å²) in [5, 5.41) is 3.07. The molecule has 0 aromatic heterocycles. The van der Waals surface area contributed by atoms with E-state index >= 15 is 0 Å². The van der Waals surface area contributed by atoms with E-state index < -0.39 is 0 Å². The van der Waals surface area contributed by atoms with E-state index in [0.29, 0.717) is 49.1 Å². The first kappa shape index (κ1) is 27.1. The van der Waals surface area contributed by atoms with E-state index in [1.807, 2.05) is 54.6 Å². The van der Waals surface area contributed by atoms with Crippen molar-refractivity contribution in [2.75, 3.05) is 41.0 Å². The zero-order valence-corrected chi connectivity index (χ0v) is 22.4. The Morgan fingerprint density at radius 2 is 1.68 bits per heavy atom. The molecule has 1 aliphatic rings. The Kier molecular flexibility index (Phi) is 9.27. The number of hydrogen-bond acceptors (Lipinski definition) is 6. The molecule has 200 valence electrons. The summed E-state index contributed by atoms with van der Waals surface area (Å²) in [6.07, 6.45) is 3.20. The number of fused-ring (bicyclic) bond motifs is 1. The second-order valence-corrected chi connectivity index (χ2v) is 9.19. The third-order valence-electron chi connectivity index (χ3n) is 6.81.